The van der Waals surface area contributed by atoms with Crippen LogP contribution in [0, 0.1) is 0 Å². The summed E-state index contributed by atoms with van der Waals surface area (Å²) in [6.45, 7) is 0.922. The maximum atomic E-state index is 12.1. The zero-order valence-corrected chi connectivity index (χ0v) is 14.5. The number of benzene rings is 2. The Morgan fingerprint density at radius 3 is 2.69 bits per heavy atom. The van der Waals surface area contributed by atoms with Crippen molar-refractivity contribution >= 4 is 51.9 Å². The van der Waals surface area contributed by atoms with Crippen molar-refractivity contribution in [3.63, 3.8) is 0 Å². The summed E-state index contributed by atoms with van der Waals surface area (Å²) < 4.78 is 13.2. The van der Waals surface area contributed by atoms with Crippen LogP contribution in [0.3, 0.4) is 0 Å². The molecule has 0 atom stereocenters. The van der Waals surface area contributed by atoms with Crippen LogP contribution in [0.4, 0.5) is 11.4 Å². The van der Waals surface area contributed by atoms with E-state index in [1.54, 1.807) is 30.3 Å². The van der Waals surface area contributed by atoms with Crippen molar-refractivity contribution in [3.8, 4) is 0 Å². The van der Waals surface area contributed by atoms with Gasteiger partial charge in [0.15, 0.2) is 6.61 Å². The molecule has 3 aromatic rings. The molecule has 0 fully saturated rings. The van der Waals surface area contributed by atoms with Crippen LogP contribution in [0.15, 0.2) is 42.5 Å². The monoisotopic (exact) mass is 370 g/mol. The number of rotatable bonds is 5. The number of ether oxygens (including phenoxy) is 1. The molecule has 3 rings (SSSR count). The van der Waals surface area contributed by atoms with Crippen LogP contribution in [-0.2, 0) is 14.3 Å². The minimum Gasteiger partial charge on any atom is -0.452 e. The summed E-state index contributed by atoms with van der Waals surface area (Å²) in [7, 11) is 0. The van der Waals surface area contributed by atoms with Gasteiger partial charge in [0, 0.05) is 12.6 Å². The van der Waals surface area contributed by atoms with Gasteiger partial charge < -0.3 is 15.4 Å². The van der Waals surface area contributed by atoms with Crippen molar-refractivity contribution in [3.05, 3.63) is 48.0 Å². The average Bonchev–Trinajstić information content (AvgIpc) is 3.09. The molecule has 0 radical (unpaired) electrons. The normalized spacial score (nSPS) is 10.3. The van der Waals surface area contributed by atoms with E-state index in [0.29, 0.717) is 22.4 Å². The maximum Gasteiger partial charge on any atom is 0.338 e. The second-order valence-corrected chi connectivity index (χ2v) is 5.85. The molecule has 0 saturated carbocycles. The molecule has 0 saturated heterocycles. The molecule has 0 aliphatic heterocycles. The second kappa shape index (κ2) is 7.70. The molecule has 0 spiro atoms. The Morgan fingerprint density at radius 1 is 1.08 bits per heavy atom. The van der Waals surface area contributed by atoms with Gasteiger partial charge in [-0.15, -0.1) is 0 Å². The van der Waals surface area contributed by atoms with E-state index < -0.39 is 18.5 Å². The van der Waals surface area contributed by atoms with Gasteiger partial charge in [0.2, 0.25) is 5.91 Å². The molecule has 0 aliphatic rings. The third-order valence-corrected chi connectivity index (χ3v) is 3.86. The van der Waals surface area contributed by atoms with Gasteiger partial charge in [-0.25, -0.2) is 4.79 Å². The standard InChI is InChI=1S/C17H14N4O4S/c1-10(22)18-12-5-2-4-11(8-12)17(24)25-9-15(23)19-13-6-3-7-14-16(13)21-26-20-14/h2-8H,9H2,1H3,(H,18,22)(H,19,23). The van der Waals surface area contributed by atoms with Crippen molar-refractivity contribution in [1.29, 1.82) is 0 Å². The number of carbonyl (C=O) groups is 3. The average molecular weight is 370 g/mol. The molecule has 0 aliphatic carbocycles. The third-order valence-electron chi connectivity index (χ3n) is 3.31. The van der Waals surface area contributed by atoms with Crippen LogP contribution in [0.5, 0.6) is 0 Å². The van der Waals surface area contributed by atoms with E-state index in [1.165, 1.54) is 19.1 Å². The summed E-state index contributed by atoms with van der Waals surface area (Å²) in [6.07, 6.45) is 0. The quantitative estimate of drug-likeness (QED) is 0.668. The number of hydrogen-bond acceptors (Lipinski definition) is 7. The van der Waals surface area contributed by atoms with E-state index >= 15 is 0 Å². The SMILES string of the molecule is CC(=O)Nc1cccc(C(=O)OCC(=O)Nc2cccc3nsnc23)c1. The van der Waals surface area contributed by atoms with Crippen molar-refractivity contribution in [2.75, 3.05) is 17.2 Å². The lowest BCUT2D eigenvalue weighted by Crippen LogP contribution is -2.21. The zero-order valence-electron chi connectivity index (χ0n) is 13.7. The summed E-state index contributed by atoms with van der Waals surface area (Å²) in [4.78, 5) is 35.2. The van der Waals surface area contributed by atoms with E-state index in [-0.39, 0.29) is 11.5 Å². The number of amides is 2. The molecule has 26 heavy (non-hydrogen) atoms. The number of fused-ring (bicyclic) bond motifs is 1. The topological polar surface area (TPSA) is 110 Å². The highest BCUT2D eigenvalue weighted by molar-refractivity contribution is 7.00. The fraction of sp³-hybridized carbons (Fsp3) is 0.118. The highest BCUT2D eigenvalue weighted by atomic mass is 32.1. The number of aromatic nitrogens is 2. The number of nitrogens with one attached hydrogen (secondary N) is 2. The maximum absolute atomic E-state index is 12.1. The lowest BCUT2D eigenvalue weighted by molar-refractivity contribution is -0.119. The van der Waals surface area contributed by atoms with Gasteiger partial charge in [-0.1, -0.05) is 12.1 Å². The summed E-state index contributed by atoms with van der Waals surface area (Å²) in [5.74, 6) is -1.40. The molecule has 1 heterocycles. The summed E-state index contributed by atoms with van der Waals surface area (Å²) in [5.41, 5.74) is 2.47. The minimum absolute atomic E-state index is 0.231. The van der Waals surface area contributed by atoms with Gasteiger partial charge >= 0.3 is 5.97 Å². The fourth-order valence-electron chi connectivity index (χ4n) is 2.23. The molecular weight excluding hydrogens is 356 g/mol. The molecule has 2 N–H and O–H groups in total. The molecule has 0 bridgehead atoms. The largest absolute Gasteiger partial charge is 0.452 e. The molecular formula is C17H14N4O4S. The summed E-state index contributed by atoms with van der Waals surface area (Å²) in [5, 5.41) is 5.22. The minimum atomic E-state index is -0.666. The van der Waals surface area contributed by atoms with Crippen LogP contribution >= 0.6 is 11.7 Å². The van der Waals surface area contributed by atoms with Gasteiger partial charge in [0.25, 0.3) is 5.91 Å². The van der Waals surface area contributed by atoms with Gasteiger partial charge in [-0.3, -0.25) is 9.59 Å². The first-order valence-corrected chi connectivity index (χ1v) is 8.32. The number of nitrogens with zero attached hydrogens (tertiary/aromatic N) is 2. The van der Waals surface area contributed by atoms with E-state index in [4.69, 9.17) is 4.74 Å². The first kappa shape index (κ1) is 17.5. The van der Waals surface area contributed by atoms with Crippen LogP contribution in [-0.4, -0.2) is 33.1 Å². The third kappa shape index (κ3) is 4.19. The van der Waals surface area contributed by atoms with E-state index in [1.807, 2.05) is 0 Å². The predicted octanol–water partition coefficient (Wildman–Crippen LogP) is 2.45. The predicted molar refractivity (Wildman–Crippen MR) is 97.1 cm³/mol. The highest BCUT2D eigenvalue weighted by Gasteiger charge is 2.13. The van der Waals surface area contributed by atoms with Crippen molar-refractivity contribution < 1.29 is 19.1 Å². The molecule has 2 aromatic carbocycles. The Labute approximate surface area is 152 Å². The Hall–Kier alpha value is -3.33. The van der Waals surface area contributed by atoms with Gasteiger partial charge in [0.1, 0.15) is 11.0 Å². The first-order chi connectivity index (χ1) is 12.5. The van der Waals surface area contributed by atoms with Crippen LogP contribution in [0.1, 0.15) is 17.3 Å². The van der Waals surface area contributed by atoms with E-state index in [0.717, 1.165) is 11.7 Å². The Kier molecular flexibility index (Phi) is 5.18. The molecule has 8 nitrogen and oxygen atoms in total. The summed E-state index contributed by atoms with van der Waals surface area (Å²) in [6, 6.07) is 11.5. The number of anilines is 2. The van der Waals surface area contributed by atoms with Crippen molar-refractivity contribution in [1.82, 2.24) is 8.75 Å². The van der Waals surface area contributed by atoms with Crippen molar-refractivity contribution in [2.45, 2.75) is 6.92 Å². The second-order valence-electron chi connectivity index (χ2n) is 5.32. The highest BCUT2D eigenvalue weighted by Crippen LogP contribution is 2.21. The Balaban J connectivity index is 1.60. The number of esters is 1. The van der Waals surface area contributed by atoms with Gasteiger partial charge in [-0.05, 0) is 30.3 Å². The Bertz CT molecular complexity index is 986. The number of hydrogen-bond donors (Lipinski definition) is 2. The van der Waals surface area contributed by atoms with E-state index in [9.17, 15) is 14.4 Å². The Morgan fingerprint density at radius 2 is 1.88 bits per heavy atom. The molecule has 132 valence electrons. The van der Waals surface area contributed by atoms with Crippen molar-refractivity contribution in [2.24, 2.45) is 0 Å². The van der Waals surface area contributed by atoms with Crippen LogP contribution in [0.25, 0.3) is 11.0 Å². The molecule has 2 amide bonds. The van der Waals surface area contributed by atoms with Crippen LogP contribution < -0.4 is 10.6 Å². The molecule has 0 unspecified atom stereocenters. The summed E-state index contributed by atoms with van der Waals surface area (Å²) >= 11 is 1.05. The lowest BCUT2D eigenvalue weighted by Gasteiger charge is -2.08. The van der Waals surface area contributed by atoms with Gasteiger partial charge in [-0.2, -0.15) is 8.75 Å². The van der Waals surface area contributed by atoms with E-state index in [2.05, 4.69) is 19.4 Å². The van der Waals surface area contributed by atoms with Crippen LogP contribution in [0.2, 0.25) is 0 Å². The first-order valence-electron chi connectivity index (χ1n) is 7.59. The molecule has 9 heteroatoms. The fourth-order valence-corrected chi connectivity index (χ4v) is 2.78. The molecule has 1 aromatic heterocycles. The number of carbonyl (C=O) groups excluding carboxylic acids is 3. The van der Waals surface area contributed by atoms with Gasteiger partial charge in [0.05, 0.1) is 23.0 Å². The lowest BCUT2D eigenvalue weighted by atomic mass is 10.2. The smallest absolute Gasteiger partial charge is 0.338 e. The zero-order chi connectivity index (χ0) is 18.5.